The van der Waals surface area contributed by atoms with Gasteiger partial charge in [-0.3, -0.25) is 4.79 Å². The number of sulfone groups is 1. The van der Waals surface area contributed by atoms with Crippen molar-refractivity contribution in [2.75, 3.05) is 29.2 Å². The second kappa shape index (κ2) is 11.6. The highest BCUT2D eigenvalue weighted by atomic mass is 32.2. The number of primary sulfonamides is 1. The third kappa shape index (κ3) is 7.41. The second-order valence-corrected chi connectivity index (χ2v) is 14.1. The van der Waals surface area contributed by atoms with Gasteiger partial charge in [0.05, 0.1) is 27.9 Å². The van der Waals surface area contributed by atoms with Gasteiger partial charge in [0, 0.05) is 30.5 Å². The molecule has 222 valence electrons. The Morgan fingerprint density at radius 2 is 1.65 bits per heavy atom. The molecule has 0 aliphatic heterocycles. The summed E-state index contributed by atoms with van der Waals surface area (Å²) in [4.78, 5) is 26.4. The zero-order chi connectivity index (χ0) is 30.8. The van der Waals surface area contributed by atoms with Crippen molar-refractivity contribution in [3.8, 4) is 17.3 Å². The van der Waals surface area contributed by atoms with Crippen LogP contribution in [-0.4, -0.2) is 61.8 Å². The number of anilines is 2. The van der Waals surface area contributed by atoms with Gasteiger partial charge >= 0.3 is 0 Å². The molecule has 1 saturated carbocycles. The van der Waals surface area contributed by atoms with Crippen molar-refractivity contribution in [2.24, 2.45) is 5.14 Å². The molecule has 0 atom stereocenters. The molecular formula is C28H28N8O5S2. The van der Waals surface area contributed by atoms with Crippen LogP contribution in [0.2, 0.25) is 0 Å². The minimum Gasteiger partial charge on any atom is -0.367 e. The van der Waals surface area contributed by atoms with E-state index >= 15 is 0 Å². The summed E-state index contributed by atoms with van der Waals surface area (Å²) in [6.07, 6.45) is 2.43. The Morgan fingerprint density at radius 3 is 2.26 bits per heavy atom. The first-order chi connectivity index (χ1) is 20.3. The topological polar surface area (TPSA) is 210 Å². The molecule has 0 radical (unpaired) electrons. The molecule has 0 unspecified atom stereocenters. The Kier molecular flexibility index (Phi) is 8.02. The van der Waals surface area contributed by atoms with Crippen LogP contribution in [0.1, 0.15) is 28.8 Å². The molecule has 5 N–H and O–H groups in total. The van der Waals surface area contributed by atoms with Crippen molar-refractivity contribution >= 4 is 48.6 Å². The molecule has 0 spiro atoms. The third-order valence-electron chi connectivity index (χ3n) is 6.77. The number of sulfonamides is 1. The summed E-state index contributed by atoms with van der Waals surface area (Å²) < 4.78 is 46.5. The summed E-state index contributed by atoms with van der Waals surface area (Å²) in [5, 5.41) is 23.3. The van der Waals surface area contributed by atoms with E-state index in [4.69, 9.17) is 10.1 Å². The molecular weight excluding hydrogens is 592 g/mol. The monoisotopic (exact) mass is 620 g/mol. The molecule has 15 heteroatoms. The Bertz CT molecular complexity index is 1950. The molecule has 1 fully saturated rings. The first-order valence-corrected chi connectivity index (χ1v) is 16.8. The number of pyridine rings is 1. The number of nitrogens with one attached hydrogen (secondary N) is 3. The van der Waals surface area contributed by atoms with Gasteiger partial charge in [-0.25, -0.2) is 31.9 Å². The zero-order valence-corrected chi connectivity index (χ0v) is 24.7. The molecule has 2 heterocycles. The van der Waals surface area contributed by atoms with Crippen LogP contribution < -0.4 is 21.1 Å². The van der Waals surface area contributed by atoms with Crippen LogP contribution in [0.3, 0.4) is 0 Å². The second-order valence-electron chi connectivity index (χ2n) is 10.3. The maximum Gasteiger partial charge on any atom is 0.252 e. The molecule has 1 aliphatic rings. The number of aromatic nitrogens is 3. The maximum absolute atomic E-state index is 12.5. The number of fused-ring (bicyclic) bond motifs is 1. The molecule has 0 bridgehead atoms. The maximum atomic E-state index is 12.5. The molecule has 43 heavy (non-hydrogen) atoms. The summed E-state index contributed by atoms with van der Waals surface area (Å²) in [5.74, 6) is 0.141. The molecule has 4 aromatic rings. The van der Waals surface area contributed by atoms with Crippen molar-refractivity contribution in [3.63, 3.8) is 0 Å². The van der Waals surface area contributed by atoms with E-state index in [1.165, 1.54) is 12.1 Å². The van der Waals surface area contributed by atoms with Gasteiger partial charge in [0.1, 0.15) is 20.9 Å². The smallest absolute Gasteiger partial charge is 0.252 e. The van der Waals surface area contributed by atoms with E-state index < -0.39 is 25.4 Å². The number of amides is 1. The van der Waals surface area contributed by atoms with Gasteiger partial charge in [-0.2, -0.15) is 10.2 Å². The summed E-state index contributed by atoms with van der Waals surface area (Å²) in [5.41, 5.74) is 2.64. The standard InChI is InChI=1S/C28H28N8O5S2/c1-42(38,39)15-14-31-25-24-23(34-27(35-25)32-16-18-2-8-21(9-3-18)43(30,40)41)11-10-22(33-24)19-4-6-20(7-5-19)26(37)36-28(17-29)12-13-28/h2-11H,12-16H2,1H3,(H,36,37)(H2,30,40,41)(H2,31,32,34,35). The Labute approximate surface area is 248 Å². The summed E-state index contributed by atoms with van der Waals surface area (Å²) in [6.45, 7) is 0.374. The van der Waals surface area contributed by atoms with Gasteiger partial charge in [0.2, 0.25) is 16.0 Å². The first kappa shape index (κ1) is 29.8. The Hall–Kier alpha value is -4.65. The summed E-state index contributed by atoms with van der Waals surface area (Å²) in [7, 11) is -7.04. The van der Waals surface area contributed by atoms with Crippen LogP contribution in [0.15, 0.2) is 65.6 Å². The molecule has 13 nitrogen and oxygen atoms in total. The largest absolute Gasteiger partial charge is 0.367 e. The van der Waals surface area contributed by atoms with Crippen LogP contribution >= 0.6 is 0 Å². The highest BCUT2D eigenvalue weighted by Gasteiger charge is 2.44. The van der Waals surface area contributed by atoms with E-state index in [0.29, 0.717) is 41.0 Å². The molecule has 1 amide bonds. The molecule has 5 rings (SSSR count). The number of hydrogen-bond donors (Lipinski definition) is 4. The van der Waals surface area contributed by atoms with Gasteiger partial charge < -0.3 is 16.0 Å². The predicted octanol–water partition coefficient (Wildman–Crippen LogP) is 2.19. The van der Waals surface area contributed by atoms with Gasteiger partial charge in [0.25, 0.3) is 5.91 Å². The highest BCUT2D eigenvalue weighted by molar-refractivity contribution is 7.90. The van der Waals surface area contributed by atoms with Gasteiger partial charge in [-0.15, -0.1) is 0 Å². The first-order valence-electron chi connectivity index (χ1n) is 13.1. The predicted molar refractivity (Wildman–Crippen MR) is 161 cm³/mol. The van der Waals surface area contributed by atoms with Crippen LogP contribution in [0.5, 0.6) is 0 Å². The fraction of sp³-hybridized carbons (Fsp3) is 0.250. The van der Waals surface area contributed by atoms with Crippen molar-refractivity contribution in [2.45, 2.75) is 29.8 Å². The van der Waals surface area contributed by atoms with Crippen molar-refractivity contribution in [1.82, 2.24) is 20.3 Å². The fourth-order valence-corrected chi connectivity index (χ4v) is 5.17. The average Bonchev–Trinajstić information content (AvgIpc) is 3.74. The van der Waals surface area contributed by atoms with Gasteiger partial charge in [0.15, 0.2) is 5.82 Å². The van der Waals surface area contributed by atoms with E-state index in [9.17, 15) is 26.9 Å². The van der Waals surface area contributed by atoms with Crippen LogP contribution in [0, 0.1) is 11.3 Å². The number of nitrogens with zero attached hydrogens (tertiary/aromatic N) is 4. The number of hydrogen-bond acceptors (Lipinski definition) is 11. The lowest BCUT2D eigenvalue weighted by Gasteiger charge is -2.13. The van der Waals surface area contributed by atoms with E-state index in [1.807, 2.05) is 0 Å². The molecule has 2 aromatic heterocycles. The lowest BCUT2D eigenvalue weighted by molar-refractivity contribution is 0.0941. The Balaban J connectivity index is 1.39. The summed E-state index contributed by atoms with van der Waals surface area (Å²) >= 11 is 0. The number of benzene rings is 2. The fourth-order valence-electron chi connectivity index (χ4n) is 4.18. The zero-order valence-electron chi connectivity index (χ0n) is 23.0. The summed E-state index contributed by atoms with van der Waals surface area (Å²) in [6, 6.07) is 18.6. The van der Waals surface area contributed by atoms with E-state index in [-0.39, 0.29) is 35.6 Å². The van der Waals surface area contributed by atoms with Gasteiger partial charge in [-0.1, -0.05) is 24.3 Å². The SMILES string of the molecule is CS(=O)(=O)CCNc1nc(NCc2ccc(S(N)(=O)=O)cc2)nc2ccc(-c3ccc(C(=O)NC4(C#N)CC4)cc3)nc12. The van der Waals surface area contributed by atoms with Crippen molar-refractivity contribution in [1.29, 1.82) is 5.26 Å². The van der Waals surface area contributed by atoms with Gasteiger partial charge in [-0.05, 0) is 54.8 Å². The van der Waals surface area contributed by atoms with Crippen LogP contribution in [0.25, 0.3) is 22.3 Å². The number of carbonyl (C=O) groups excluding carboxylic acids is 1. The minimum absolute atomic E-state index is 0.000924. The van der Waals surface area contributed by atoms with E-state index in [0.717, 1.165) is 17.4 Å². The highest BCUT2D eigenvalue weighted by Crippen LogP contribution is 2.34. The lowest BCUT2D eigenvalue weighted by Crippen LogP contribution is -2.35. The normalized spacial score (nSPS) is 14.1. The van der Waals surface area contributed by atoms with Crippen LogP contribution in [-0.2, 0) is 26.4 Å². The van der Waals surface area contributed by atoms with Crippen LogP contribution in [0.4, 0.5) is 11.8 Å². The van der Waals surface area contributed by atoms with Crippen molar-refractivity contribution < 1.29 is 21.6 Å². The molecule has 2 aromatic carbocycles. The van der Waals surface area contributed by atoms with Crippen molar-refractivity contribution in [3.05, 3.63) is 71.8 Å². The minimum atomic E-state index is -3.80. The lowest BCUT2D eigenvalue weighted by atomic mass is 10.1. The number of nitrogens with two attached hydrogens (primary N) is 1. The number of rotatable bonds is 11. The average molecular weight is 621 g/mol. The van der Waals surface area contributed by atoms with E-state index in [2.05, 4.69) is 32.0 Å². The van der Waals surface area contributed by atoms with E-state index in [1.54, 1.807) is 48.5 Å². The third-order valence-corrected chi connectivity index (χ3v) is 8.64. The molecule has 1 aliphatic carbocycles. The molecule has 0 saturated heterocycles. The Morgan fingerprint density at radius 1 is 0.953 bits per heavy atom. The quantitative estimate of drug-likeness (QED) is 0.191. The number of carbonyl (C=O) groups is 1. The number of nitriles is 1.